The minimum atomic E-state index is -0.0957. The van der Waals surface area contributed by atoms with Gasteiger partial charge < -0.3 is 15.6 Å². The van der Waals surface area contributed by atoms with Gasteiger partial charge >= 0.3 is 0 Å². The van der Waals surface area contributed by atoms with E-state index in [1.165, 1.54) is 0 Å². The van der Waals surface area contributed by atoms with Gasteiger partial charge in [-0.05, 0) is 59.0 Å². The summed E-state index contributed by atoms with van der Waals surface area (Å²) in [6.07, 6.45) is 3.70. The Morgan fingerprint density at radius 3 is 2.68 bits per heavy atom. The highest BCUT2D eigenvalue weighted by Gasteiger charge is 2.21. The summed E-state index contributed by atoms with van der Waals surface area (Å²) in [5, 5.41) is 1.65. The molecular formula is C30H27N5O2. The molecule has 0 fully saturated rings. The second-order valence-electron chi connectivity index (χ2n) is 9.46. The smallest absolute Gasteiger partial charge is 0.265 e. The number of hydrogen-bond acceptors (Lipinski definition) is 4. The van der Waals surface area contributed by atoms with Crippen molar-refractivity contribution in [2.75, 3.05) is 13.1 Å². The maximum Gasteiger partial charge on any atom is 0.265 e. The molecule has 7 nitrogen and oxygen atoms in total. The first kappa shape index (κ1) is 22.9. The van der Waals surface area contributed by atoms with Crippen LogP contribution in [0.25, 0.3) is 44.2 Å². The number of aromatic amines is 1. The zero-order valence-corrected chi connectivity index (χ0v) is 20.8. The van der Waals surface area contributed by atoms with Gasteiger partial charge in [0.15, 0.2) is 0 Å². The molecule has 5 aromatic rings. The fraction of sp³-hybridized carbons (Fsp3) is 0.167. The lowest BCUT2D eigenvalue weighted by Crippen LogP contribution is -2.25. The topological polar surface area (TPSA) is 97.0 Å². The van der Waals surface area contributed by atoms with E-state index >= 15 is 0 Å². The number of H-pyrrole nitrogens is 1. The van der Waals surface area contributed by atoms with Gasteiger partial charge in [-0.1, -0.05) is 42.5 Å². The predicted molar refractivity (Wildman–Crippen MR) is 147 cm³/mol. The monoisotopic (exact) mass is 489 g/mol. The van der Waals surface area contributed by atoms with E-state index in [1.54, 1.807) is 17.8 Å². The highest BCUT2D eigenvalue weighted by molar-refractivity contribution is 6.00. The van der Waals surface area contributed by atoms with Crippen molar-refractivity contribution in [2.45, 2.75) is 20.4 Å². The van der Waals surface area contributed by atoms with E-state index in [0.717, 1.165) is 50.1 Å². The van der Waals surface area contributed by atoms with Gasteiger partial charge in [0.2, 0.25) is 5.91 Å². The van der Waals surface area contributed by atoms with Crippen molar-refractivity contribution < 1.29 is 4.79 Å². The summed E-state index contributed by atoms with van der Waals surface area (Å²) in [7, 11) is 0. The van der Waals surface area contributed by atoms with Gasteiger partial charge in [0.25, 0.3) is 5.56 Å². The van der Waals surface area contributed by atoms with Crippen molar-refractivity contribution in [3.8, 4) is 16.8 Å². The lowest BCUT2D eigenvalue weighted by atomic mass is 9.94. The molecule has 37 heavy (non-hydrogen) atoms. The van der Waals surface area contributed by atoms with Crippen LogP contribution >= 0.6 is 0 Å². The fourth-order valence-corrected chi connectivity index (χ4v) is 5.26. The van der Waals surface area contributed by atoms with Crippen LogP contribution in [0.15, 0.2) is 77.9 Å². The molecule has 0 saturated heterocycles. The Hall–Kier alpha value is -4.49. The molecule has 0 saturated carbocycles. The number of fused-ring (bicyclic) bond motifs is 2. The Kier molecular flexibility index (Phi) is 5.50. The molecule has 0 atom stereocenters. The summed E-state index contributed by atoms with van der Waals surface area (Å²) in [6.45, 7) is 5.24. The molecule has 0 bridgehead atoms. The SMILES string of the molecule is CC(=O)N1CC=C(c2cc3c(-c4cccc(-n5cnc6ccccc6c5=O)c4C)ccc(CN)c3[nH]2)C1. The molecule has 1 aliphatic heterocycles. The van der Waals surface area contributed by atoms with Gasteiger partial charge in [0.05, 0.1) is 22.1 Å². The number of amides is 1. The molecule has 1 aliphatic rings. The lowest BCUT2D eigenvalue weighted by molar-refractivity contribution is -0.127. The third kappa shape index (κ3) is 3.75. The highest BCUT2D eigenvalue weighted by Crippen LogP contribution is 2.36. The van der Waals surface area contributed by atoms with E-state index in [1.807, 2.05) is 48.2 Å². The number of rotatable bonds is 4. The van der Waals surface area contributed by atoms with Gasteiger partial charge in [-0.3, -0.25) is 14.2 Å². The number of hydrogen-bond donors (Lipinski definition) is 2. The van der Waals surface area contributed by atoms with Crippen LogP contribution in [-0.2, 0) is 11.3 Å². The summed E-state index contributed by atoms with van der Waals surface area (Å²) < 4.78 is 1.62. The second-order valence-corrected chi connectivity index (χ2v) is 9.46. The molecule has 7 heteroatoms. The average molecular weight is 490 g/mol. The van der Waals surface area contributed by atoms with E-state index in [4.69, 9.17) is 5.73 Å². The minimum Gasteiger partial charge on any atom is -0.354 e. The summed E-state index contributed by atoms with van der Waals surface area (Å²) in [5.74, 6) is 0.0663. The van der Waals surface area contributed by atoms with Crippen LogP contribution in [0.2, 0.25) is 0 Å². The number of nitrogens with one attached hydrogen (secondary N) is 1. The fourth-order valence-electron chi connectivity index (χ4n) is 5.26. The van der Waals surface area contributed by atoms with Gasteiger partial charge in [-0.15, -0.1) is 0 Å². The zero-order chi connectivity index (χ0) is 25.7. The lowest BCUT2D eigenvalue weighted by Gasteiger charge is -2.15. The highest BCUT2D eigenvalue weighted by atomic mass is 16.2. The molecule has 1 amide bonds. The molecule has 6 rings (SSSR count). The third-order valence-electron chi connectivity index (χ3n) is 7.33. The van der Waals surface area contributed by atoms with E-state index in [9.17, 15) is 9.59 Å². The largest absolute Gasteiger partial charge is 0.354 e. The number of carbonyl (C=O) groups excluding carboxylic acids is 1. The van der Waals surface area contributed by atoms with Crippen molar-refractivity contribution in [3.63, 3.8) is 0 Å². The first-order valence-electron chi connectivity index (χ1n) is 12.3. The van der Waals surface area contributed by atoms with Gasteiger partial charge in [0, 0.05) is 37.6 Å². The molecule has 0 radical (unpaired) electrons. The van der Waals surface area contributed by atoms with Crippen LogP contribution in [0.1, 0.15) is 23.7 Å². The van der Waals surface area contributed by atoms with Crippen LogP contribution in [0, 0.1) is 6.92 Å². The molecule has 184 valence electrons. The predicted octanol–water partition coefficient (Wildman–Crippen LogP) is 4.55. The molecule has 3 N–H and O–H groups in total. The number of nitrogens with two attached hydrogens (primary N) is 1. The van der Waals surface area contributed by atoms with E-state index in [0.29, 0.717) is 30.5 Å². The van der Waals surface area contributed by atoms with Crippen molar-refractivity contribution in [2.24, 2.45) is 5.73 Å². The van der Waals surface area contributed by atoms with Crippen molar-refractivity contribution >= 4 is 33.3 Å². The molecule has 0 unspecified atom stereocenters. The maximum atomic E-state index is 13.3. The number of para-hydroxylation sites is 1. The minimum absolute atomic E-state index is 0.0663. The van der Waals surface area contributed by atoms with Gasteiger partial charge in [-0.25, -0.2) is 4.98 Å². The van der Waals surface area contributed by atoms with Gasteiger partial charge in [-0.2, -0.15) is 0 Å². The Labute approximate surface area is 213 Å². The molecule has 0 spiro atoms. The summed E-state index contributed by atoms with van der Waals surface area (Å²) in [6, 6.07) is 19.7. The summed E-state index contributed by atoms with van der Waals surface area (Å²) >= 11 is 0. The summed E-state index contributed by atoms with van der Waals surface area (Å²) in [5.41, 5.74) is 14.6. The molecule has 2 aromatic heterocycles. The number of carbonyl (C=O) groups is 1. The molecule has 3 aromatic carbocycles. The Morgan fingerprint density at radius 1 is 1.05 bits per heavy atom. The third-order valence-corrected chi connectivity index (χ3v) is 7.33. The molecular weight excluding hydrogens is 462 g/mol. The number of benzene rings is 3. The zero-order valence-electron chi connectivity index (χ0n) is 20.8. The molecule has 0 aliphatic carbocycles. The standard InChI is InChI=1S/C30H27N5O2/c1-18-22(7-5-9-28(18)35-17-32-26-8-4-3-6-24(26)30(35)37)23-11-10-20(15-31)29-25(23)14-27(33-29)21-12-13-34(16-21)19(2)36/h3-12,14,17,33H,13,15-16,31H2,1-2H3. The Morgan fingerprint density at radius 2 is 1.89 bits per heavy atom. The number of aromatic nitrogens is 3. The average Bonchev–Trinajstić information content (AvgIpc) is 3.57. The first-order chi connectivity index (χ1) is 18.0. The van der Waals surface area contributed by atoms with Crippen molar-refractivity contribution in [3.05, 3.63) is 100 Å². The number of nitrogens with zero attached hydrogens (tertiary/aromatic N) is 3. The van der Waals surface area contributed by atoms with E-state index in [2.05, 4.69) is 40.3 Å². The normalized spacial score (nSPS) is 13.5. The quantitative estimate of drug-likeness (QED) is 0.387. The van der Waals surface area contributed by atoms with Crippen LogP contribution in [0.4, 0.5) is 0 Å². The molecule has 3 heterocycles. The van der Waals surface area contributed by atoms with Crippen LogP contribution in [-0.4, -0.2) is 38.4 Å². The second kappa shape index (κ2) is 8.87. The Bertz CT molecular complexity index is 1790. The maximum absolute atomic E-state index is 13.3. The summed E-state index contributed by atoms with van der Waals surface area (Å²) in [4.78, 5) is 35.1. The first-order valence-corrected chi connectivity index (χ1v) is 12.3. The van der Waals surface area contributed by atoms with Crippen LogP contribution in [0.5, 0.6) is 0 Å². The van der Waals surface area contributed by atoms with Gasteiger partial charge in [0.1, 0.15) is 6.33 Å². The van der Waals surface area contributed by atoms with E-state index in [-0.39, 0.29) is 11.5 Å². The van der Waals surface area contributed by atoms with Crippen LogP contribution < -0.4 is 11.3 Å². The van der Waals surface area contributed by atoms with Crippen molar-refractivity contribution in [1.82, 2.24) is 19.4 Å². The van der Waals surface area contributed by atoms with Crippen LogP contribution in [0.3, 0.4) is 0 Å². The van der Waals surface area contributed by atoms with E-state index < -0.39 is 0 Å². The Balaban J connectivity index is 1.50. The van der Waals surface area contributed by atoms with Crippen molar-refractivity contribution in [1.29, 1.82) is 0 Å².